The zero-order valence-corrected chi connectivity index (χ0v) is 34.8. The molecule has 0 bridgehead atoms. The van der Waals surface area contributed by atoms with E-state index in [1.807, 2.05) is 95.3 Å². The minimum atomic E-state index is -2.07. The molecule has 280 valence electrons. The Morgan fingerprint density at radius 1 is 0.961 bits per heavy atom. The zero-order valence-electron chi connectivity index (χ0n) is 31.1. The molecule has 2 N–H and O–H groups in total. The molecule has 0 aliphatic carbocycles. The van der Waals surface area contributed by atoms with Gasteiger partial charge in [-0.1, -0.05) is 95.3 Å². The Morgan fingerprint density at radius 2 is 1.43 bits per heavy atom. The molecular formula is C39H55N2O6S4+. The molecule has 0 aromatic heterocycles. The van der Waals surface area contributed by atoms with Crippen LogP contribution in [0.4, 0.5) is 0 Å². The van der Waals surface area contributed by atoms with Gasteiger partial charge in [-0.05, 0) is 73.4 Å². The highest BCUT2D eigenvalue weighted by molar-refractivity contribution is 7.83. The first-order chi connectivity index (χ1) is 23.4. The van der Waals surface area contributed by atoms with Crippen molar-refractivity contribution in [3.05, 3.63) is 70.8 Å². The number of likely N-dealkylation sites (tertiary alicyclic amines) is 1. The van der Waals surface area contributed by atoms with E-state index in [4.69, 9.17) is 25.3 Å². The Hall–Kier alpha value is -2.22. The number of amides is 2. The third kappa shape index (κ3) is 8.46. The number of aliphatic hydroxyl groups is 2. The highest BCUT2D eigenvalue weighted by atomic mass is 32.1. The van der Waals surface area contributed by atoms with Crippen molar-refractivity contribution in [1.29, 1.82) is 0 Å². The molecule has 1 saturated heterocycles. The summed E-state index contributed by atoms with van der Waals surface area (Å²) in [5.74, 6) is -1.96. The molecule has 0 spiro atoms. The molecule has 1 aliphatic rings. The van der Waals surface area contributed by atoms with Crippen LogP contribution in [0.15, 0.2) is 48.5 Å². The van der Waals surface area contributed by atoms with Crippen LogP contribution < -0.4 is 0 Å². The number of thiol groups is 3. The lowest BCUT2D eigenvalue weighted by Crippen LogP contribution is -2.64. The topological polar surface area (TPSA) is 115 Å². The van der Waals surface area contributed by atoms with E-state index in [2.05, 4.69) is 25.3 Å². The van der Waals surface area contributed by atoms with Gasteiger partial charge in [-0.25, -0.2) is 0 Å². The molecule has 2 aromatic rings. The van der Waals surface area contributed by atoms with Gasteiger partial charge in [0.25, 0.3) is 11.8 Å². The van der Waals surface area contributed by atoms with Gasteiger partial charge in [-0.15, -0.1) is 25.3 Å². The van der Waals surface area contributed by atoms with E-state index in [1.165, 1.54) is 32.8 Å². The first-order valence-electron chi connectivity index (χ1n) is 17.2. The average Bonchev–Trinajstić information content (AvgIpc) is 3.17. The first kappa shape index (κ1) is 43.2. The minimum absolute atomic E-state index is 0.0241. The molecule has 8 nitrogen and oxygen atoms in total. The lowest BCUT2D eigenvalue weighted by Gasteiger charge is -2.42. The Balaban J connectivity index is 1.83. The second-order valence-corrected chi connectivity index (χ2v) is 18.3. The van der Waals surface area contributed by atoms with Crippen LogP contribution in [0.1, 0.15) is 83.6 Å². The van der Waals surface area contributed by atoms with Gasteiger partial charge in [0.2, 0.25) is 10.5 Å². The number of carbonyl (C=O) groups excluding carboxylic acids is 4. The fraction of sp³-hybridized carbons (Fsp3) is 0.538. The number of nitrogens with zero attached hydrogens (tertiary/aromatic N) is 2. The maximum atomic E-state index is 13.7. The summed E-state index contributed by atoms with van der Waals surface area (Å²) >= 11 is 17.5. The summed E-state index contributed by atoms with van der Waals surface area (Å²) in [5, 5.41) is 22.0. The van der Waals surface area contributed by atoms with Crippen LogP contribution in [0.3, 0.4) is 0 Å². The molecule has 2 amide bonds. The van der Waals surface area contributed by atoms with E-state index in [9.17, 15) is 29.4 Å². The monoisotopic (exact) mass is 775 g/mol. The molecule has 3 rings (SSSR count). The van der Waals surface area contributed by atoms with Crippen LogP contribution in [0, 0.1) is 17.8 Å². The van der Waals surface area contributed by atoms with Gasteiger partial charge < -0.3 is 20.0 Å². The van der Waals surface area contributed by atoms with E-state index in [-0.39, 0.29) is 36.4 Å². The molecule has 1 aliphatic heterocycles. The zero-order chi connectivity index (χ0) is 38.9. The van der Waals surface area contributed by atoms with Crippen LogP contribution in [0.2, 0.25) is 0 Å². The molecule has 0 saturated carbocycles. The number of carbonyl (C=O) groups is 4. The predicted octanol–water partition coefficient (Wildman–Crippen LogP) is 5.13. The predicted molar refractivity (Wildman–Crippen MR) is 219 cm³/mol. The largest absolute Gasteiger partial charge is 0.371 e. The molecule has 0 radical (unpaired) electrons. The Labute approximate surface area is 325 Å². The molecule has 1 heterocycles. The number of Topliss-reactive ketones (excluding diaryl/α,β-unsaturated/α-hetero) is 2. The smallest absolute Gasteiger partial charge is 0.282 e. The number of benzene rings is 2. The SMILES string of the molecule is CC(=O)[C@@]1(O)N(C)C(=O)[C@@]([SH2+])(Cc2ccc(/C=C/c3ccc(C[C@](S)(C(=O)C(C)C(C)C)N(C)C(=O)[C@](C)(O)S)cc3)cc2)C1(S)CCC(C)C. The van der Waals surface area contributed by atoms with Gasteiger partial charge in [0.15, 0.2) is 16.5 Å². The fourth-order valence-corrected chi connectivity index (χ4v) is 8.53. The number of hydrogen-bond donors (Lipinski definition) is 5. The van der Waals surface area contributed by atoms with Crippen LogP contribution in [0.25, 0.3) is 12.2 Å². The quantitative estimate of drug-likeness (QED) is 0.0743. The van der Waals surface area contributed by atoms with Gasteiger partial charge >= 0.3 is 0 Å². The molecular weight excluding hydrogens is 721 g/mol. The maximum absolute atomic E-state index is 13.7. The Kier molecular flexibility index (Phi) is 13.6. The Morgan fingerprint density at radius 3 is 1.84 bits per heavy atom. The minimum Gasteiger partial charge on any atom is -0.371 e. The second kappa shape index (κ2) is 16.0. The van der Waals surface area contributed by atoms with Crippen molar-refractivity contribution in [1.82, 2.24) is 9.80 Å². The summed E-state index contributed by atoms with van der Waals surface area (Å²) in [6, 6.07) is 15.3. The van der Waals surface area contributed by atoms with Crippen LogP contribution in [-0.2, 0) is 44.6 Å². The van der Waals surface area contributed by atoms with Gasteiger partial charge in [-0.2, -0.15) is 12.6 Å². The van der Waals surface area contributed by atoms with Crippen LogP contribution in [-0.4, -0.2) is 82.5 Å². The Bertz CT molecular complexity index is 1640. The van der Waals surface area contributed by atoms with Crippen molar-refractivity contribution in [3.8, 4) is 0 Å². The molecule has 1 fully saturated rings. The second-order valence-electron chi connectivity index (χ2n) is 15.1. The maximum Gasteiger partial charge on any atom is 0.282 e. The van der Waals surface area contributed by atoms with Gasteiger partial charge in [0, 0.05) is 32.9 Å². The van der Waals surface area contributed by atoms with E-state index in [0.29, 0.717) is 12.8 Å². The van der Waals surface area contributed by atoms with Crippen molar-refractivity contribution in [3.63, 3.8) is 0 Å². The highest BCUT2D eigenvalue weighted by Crippen LogP contribution is 2.53. The summed E-state index contributed by atoms with van der Waals surface area (Å²) in [6.45, 7) is 12.3. The lowest BCUT2D eigenvalue weighted by atomic mass is 9.76. The van der Waals surface area contributed by atoms with Crippen molar-refractivity contribution >= 4 is 86.0 Å². The van der Waals surface area contributed by atoms with Crippen LogP contribution in [0.5, 0.6) is 0 Å². The standard InChI is InChI=1S/C39H54N2O6S4/c1-24(2)20-21-38(51)36(49,34(45)41(9)39(38,47)27(6)42)22-30-16-12-28(13-17-30)10-11-29-14-18-31(19-15-29)23-37(50,32(43)26(5)25(3)4)40(8)33(44)35(7,46)48/h10-19,24-26,46-51H,20-23H2,1-9H3/p+1/b11-10+/t26?,35-,36+,37+,38?,39+/m1/s1. The summed E-state index contributed by atoms with van der Waals surface area (Å²) in [4.78, 5) is 52.0. The average molecular weight is 776 g/mol. The summed E-state index contributed by atoms with van der Waals surface area (Å²) < 4.78 is -2.71. The van der Waals surface area contributed by atoms with Crippen molar-refractivity contribution in [2.75, 3.05) is 14.1 Å². The van der Waals surface area contributed by atoms with Crippen molar-refractivity contribution < 1.29 is 29.4 Å². The van der Waals surface area contributed by atoms with E-state index >= 15 is 0 Å². The number of hydrogen-bond acceptors (Lipinski definition) is 9. The molecule has 12 heteroatoms. The fourth-order valence-electron chi connectivity index (χ4n) is 6.62. The lowest BCUT2D eigenvalue weighted by molar-refractivity contribution is -0.161. The van der Waals surface area contributed by atoms with E-state index in [1.54, 1.807) is 0 Å². The summed E-state index contributed by atoms with van der Waals surface area (Å²) in [7, 11) is 2.91. The third-order valence-corrected chi connectivity index (χ3v) is 13.2. The van der Waals surface area contributed by atoms with E-state index in [0.717, 1.165) is 27.2 Å². The molecule has 2 unspecified atom stereocenters. The van der Waals surface area contributed by atoms with Gasteiger partial charge in [0.1, 0.15) is 9.62 Å². The summed E-state index contributed by atoms with van der Waals surface area (Å²) in [5.41, 5.74) is 1.38. The molecule has 51 heavy (non-hydrogen) atoms. The van der Waals surface area contributed by atoms with E-state index < -0.39 is 42.6 Å². The van der Waals surface area contributed by atoms with Crippen LogP contribution >= 0.6 is 37.9 Å². The van der Waals surface area contributed by atoms with Crippen molar-refractivity contribution in [2.24, 2.45) is 17.8 Å². The number of ketones is 2. The number of rotatable bonds is 15. The molecule has 2 aromatic carbocycles. The van der Waals surface area contributed by atoms with Gasteiger partial charge in [-0.3, -0.25) is 19.2 Å². The first-order valence-corrected chi connectivity index (χ1v) is 19.1. The van der Waals surface area contributed by atoms with Crippen molar-refractivity contribution in [2.45, 2.75) is 99.2 Å². The third-order valence-electron chi connectivity index (χ3n) is 10.4. The van der Waals surface area contributed by atoms with Gasteiger partial charge in [0.05, 0.1) is 0 Å². The molecule has 6 atom stereocenters. The normalized spacial score (nSPS) is 25.3. The number of likely N-dealkylation sites (N-methyl/N-ethyl adjacent to an activating group) is 2. The summed E-state index contributed by atoms with van der Waals surface area (Å²) in [6.07, 6.45) is 5.26. The highest BCUT2D eigenvalue weighted by Gasteiger charge is 2.77.